The van der Waals surface area contributed by atoms with Gasteiger partial charge in [0.2, 0.25) is 0 Å². The molecule has 0 unspecified atom stereocenters. The Hall–Kier alpha value is -3.21. The van der Waals surface area contributed by atoms with Gasteiger partial charge in [-0.15, -0.1) is 0 Å². The molecular weight excluding hydrogens is 511 g/mol. The van der Waals surface area contributed by atoms with E-state index in [4.69, 9.17) is 16.3 Å². The molecular formula is C27H30ClFN6O3. The van der Waals surface area contributed by atoms with Gasteiger partial charge in [-0.05, 0) is 44.9 Å². The zero-order valence-electron chi connectivity index (χ0n) is 21.2. The van der Waals surface area contributed by atoms with Crippen LogP contribution in [0.4, 0.5) is 10.1 Å². The summed E-state index contributed by atoms with van der Waals surface area (Å²) < 4.78 is 21.5. The predicted molar refractivity (Wildman–Crippen MR) is 142 cm³/mol. The number of imidazole rings is 1. The van der Waals surface area contributed by atoms with E-state index in [9.17, 15) is 14.6 Å². The number of benzene rings is 1. The standard InChI is InChI=1S/C27H30ClFN6O3/c1-27(2,29)14-35-11-17-10-34(12-21(17)33-35)18-6-3-15(4-7-18)23-19(28)9-20-25(31-23)32-26(30-20)38-22-8-5-16(13-36)24(22)37/h3-4,6-7,9,11,16,22,24,36-37H,5,8,10,12-14H2,1-2H3,(H,30,31,32)/t16-,22-,24-/m1/s1. The smallest absolute Gasteiger partial charge is 0.296 e. The fourth-order valence-corrected chi connectivity index (χ4v) is 5.60. The maximum atomic E-state index is 14.0. The quantitative estimate of drug-likeness (QED) is 0.321. The molecule has 9 nitrogen and oxygen atoms in total. The number of aliphatic hydroxyl groups excluding tert-OH is 2. The minimum atomic E-state index is -1.31. The minimum Gasteiger partial charge on any atom is -0.459 e. The van der Waals surface area contributed by atoms with Crippen LogP contribution >= 0.6 is 11.6 Å². The first kappa shape index (κ1) is 25.1. The lowest BCUT2D eigenvalue weighted by atomic mass is 10.1. The lowest BCUT2D eigenvalue weighted by Crippen LogP contribution is -2.31. The third-order valence-electron chi connectivity index (χ3n) is 7.26. The van der Waals surface area contributed by atoms with Crippen molar-refractivity contribution in [3.63, 3.8) is 0 Å². The van der Waals surface area contributed by atoms with E-state index < -0.39 is 17.9 Å². The molecule has 3 aromatic heterocycles. The van der Waals surface area contributed by atoms with Gasteiger partial charge in [-0.25, -0.2) is 9.37 Å². The number of ether oxygens (including phenoxy) is 1. The van der Waals surface area contributed by atoms with Crippen LogP contribution in [0.1, 0.15) is 37.9 Å². The van der Waals surface area contributed by atoms with E-state index >= 15 is 0 Å². The summed E-state index contributed by atoms with van der Waals surface area (Å²) in [4.78, 5) is 14.4. The molecule has 0 radical (unpaired) electrons. The number of H-pyrrole nitrogens is 1. The molecule has 3 N–H and O–H groups in total. The van der Waals surface area contributed by atoms with Crippen LogP contribution in [-0.4, -0.2) is 59.4 Å². The third kappa shape index (κ3) is 4.83. The summed E-state index contributed by atoms with van der Waals surface area (Å²) in [5, 5.41) is 24.8. The molecule has 4 heterocycles. The van der Waals surface area contributed by atoms with Crippen LogP contribution in [0.3, 0.4) is 0 Å². The molecule has 1 aromatic carbocycles. The number of halogens is 2. The van der Waals surface area contributed by atoms with Crippen molar-refractivity contribution in [3.05, 3.63) is 52.8 Å². The van der Waals surface area contributed by atoms with Gasteiger partial charge < -0.3 is 24.8 Å². The molecule has 0 bridgehead atoms. The Morgan fingerprint density at radius 1 is 1.18 bits per heavy atom. The molecule has 6 rings (SSSR count). The van der Waals surface area contributed by atoms with Crippen molar-refractivity contribution in [2.24, 2.45) is 5.92 Å². The topological polar surface area (TPSA) is 112 Å². The van der Waals surface area contributed by atoms with Crippen LogP contribution in [0.2, 0.25) is 5.02 Å². The van der Waals surface area contributed by atoms with E-state index in [1.807, 2.05) is 30.5 Å². The first-order valence-electron chi connectivity index (χ1n) is 12.8. The average molecular weight is 541 g/mol. The highest BCUT2D eigenvalue weighted by molar-refractivity contribution is 6.33. The Kier molecular flexibility index (Phi) is 6.28. The molecule has 1 saturated carbocycles. The summed E-state index contributed by atoms with van der Waals surface area (Å²) >= 11 is 6.59. The van der Waals surface area contributed by atoms with Crippen molar-refractivity contribution in [2.75, 3.05) is 11.5 Å². The Morgan fingerprint density at radius 2 is 1.97 bits per heavy atom. The number of alkyl halides is 1. The molecule has 0 spiro atoms. The molecule has 1 fully saturated rings. The highest BCUT2D eigenvalue weighted by atomic mass is 35.5. The molecule has 1 aliphatic heterocycles. The highest BCUT2D eigenvalue weighted by Gasteiger charge is 2.36. The SMILES string of the molecule is CC(C)(F)Cn1cc2c(n1)CN(c1ccc(-c3nc4nc(O[C@@H]5CC[C@H](CO)[C@H]5O)[nH]c4cc3Cl)cc1)C2. The van der Waals surface area contributed by atoms with E-state index in [2.05, 4.69) is 25.0 Å². The number of nitrogens with zero attached hydrogens (tertiary/aromatic N) is 5. The zero-order chi connectivity index (χ0) is 26.6. The molecule has 200 valence electrons. The molecule has 38 heavy (non-hydrogen) atoms. The van der Waals surface area contributed by atoms with E-state index in [-0.39, 0.29) is 25.1 Å². The van der Waals surface area contributed by atoms with Crippen LogP contribution in [0, 0.1) is 5.92 Å². The van der Waals surface area contributed by atoms with Gasteiger partial charge in [-0.1, -0.05) is 23.7 Å². The average Bonchev–Trinajstić information content (AvgIpc) is 3.61. The largest absolute Gasteiger partial charge is 0.459 e. The number of anilines is 1. The van der Waals surface area contributed by atoms with Crippen molar-refractivity contribution in [1.82, 2.24) is 24.7 Å². The van der Waals surface area contributed by atoms with Gasteiger partial charge in [-0.2, -0.15) is 10.1 Å². The van der Waals surface area contributed by atoms with Crippen LogP contribution in [0.25, 0.3) is 22.4 Å². The van der Waals surface area contributed by atoms with Crippen LogP contribution in [0.15, 0.2) is 36.5 Å². The third-order valence-corrected chi connectivity index (χ3v) is 7.55. The Bertz CT molecular complexity index is 1440. The Morgan fingerprint density at radius 3 is 2.66 bits per heavy atom. The number of aromatic nitrogens is 5. The second-order valence-corrected chi connectivity index (χ2v) is 11.2. The first-order valence-corrected chi connectivity index (χ1v) is 13.2. The molecule has 11 heteroatoms. The van der Waals surface area contributed by atoms with Gasteiger partial charge in [0.05, 0.1) is 41.1 Å². The van der Waals surface area contributed by atoms with Crippen molar-refractivity contribution < 1.29 is 19.3 Å². The van der Waals surface area contributed by atoms with E-state index in [0.717, 1.165) is 29.1 Å². The summed E-state index contributed by atoms with van der Waals surface area (Å²) in [5.41, 5.74) is 4.40. The van der Waals surface area contributed by atoms with Crippen molar-refractivity contribution in [3.8, 4) is 17.3 Å². The van der Waals surface area contributed by atoms with Gasteiger partial charge in [-0.3, -0.25) is 4.68 Å². The fraction of sp³-hybridized carbons (Fsp3) is 0.444. The van der Waals surface area contributed by atoms with Gasteiger partial charge in [0, 0.05) is 42.1 Å². The Balaban J connectivity index is 1.16. The number of fused-ring (bicyclic) bond motifs is 2. The number of rotatable bonds is 7. The summed E-state index contributed by atoms with van der Waals surface area (Å²) in [6.45, 7) is 4.68. The fourth-order valence-electron chi connectivity index (χ4n) is 5.34. The lowest BCUT2D eigenvalue weighted by molar-refractivity contribution is 0.0155. The highest BCUT2D eigenvalue weighted by Crippen LogP contribution is 2.34. The normalized spacial score (nSPS) is 21.4. The minimum absolute atomic E-state index is 0.0671. The monoisotopic (exact) mass is 540 g/mol. The van der Waals surface area contributed by atoms with Gasteiger partial charge >= 0.3 is 0 Å². The number of hydrogen-bond donors (Lipinski definition) is 3. The summed E-state index contributed by atoms with van der Waals surface area (Å²) in [5.74, 6) is -0.181. The summed E-state index contributed by atoms with van der Waals surface area (Å²) in [7, 11) is 0. The van der Waals surface area contributed by atoms with Gasteiger partial charge in [0.15, 0.2) is 5.65 Å². The second-order valence-electron chi connectivity index (χ2n) is 10.8. The van der Waals surface area contributed by atoms with Crippen LogP contribution in [0.5, 0.6) is 6.01 Å². The lowest BCUT2D eigenvalue weighted by Gasteiger charge is -2.19. The van der Waals surface area contributed by atoms with E-state index in [1.54, 1.807) is 24.6 Å². The van der Waals surface area contributed by atoms with Gasteiger partial charge in [0.25, 0.3) is 6.01 Å². The molecule has 0 saturated heterocycles. The number of aliphatic hydroxyl groups is 2. The van der Waals surface area contributed by atoms with Crippen LogP contribution < -0.4 is 9.64 Å². The van der Waals surface area contributed by atoms with Gasteiger partial charge in [0.1, 0.15) is 11.8 Å². The maximum Gasteiger partial charge on any atom is 0.296 e. The van der Waals surface area contributed by atoms with Crippen molar-refractivity contribution in [2.45, 2.75) is 64.2 Å². The molecule has 0 amide bonds. The molecule has 2 aliphatic rings. The maximum absolute atomic E-state index is 14.0. The molecule has 1 aliphatic carbocycles. The number of nitrogens with one attached hydrogen (secondary N) is 1. The van der Waals surface area contributed by atoms with E-state index in [0.29, 0.717) is 41.3 Å². The number of hydrogen-bond acceptors (Lipinski definition) is 7. The summed E-state index contributed by atoms with van der Waals surface area (Å²) in [6, 6.07) is 10.0. The second kappa shape index (κ2) is 9.52. The van der Waals surface area contributed by atoms with E-state index in [1.165, 1.54) is 0 Å². The number of pyridine rings is 1. The van der Waals surface area contributed by atoms with Crippen LogP contribution in [-0.2, 0) is 19.6 Å². The first-order chi connectivity index (χ1) is 18.2. The van der Waals surface area contributed by atoms with Crippen molar-refractivity contribution in [1.29, 1.82) is 0 Å². The number of aromatic amines is 1. The Labute approximate surface area is 224 Å². The van der Waals surface area contributed by atoms with Crippen molar-refractivity contribution >= 4 is 28.5 Å². The summed E-state index contributed by atoms with van der Waals surface area (Å²) in [6.07, 6.45) is 2.11. The molecule has 3 atom stereocenters. The molecule has 4 aromatic rings. The zero-order valence-corrected chi connectivity index (χ0v) is 22.0. The predicted octanol–water partition coefficient (Wildman–Crippen LogP) is 4.25.